The van der Waals surface area contributed by atoms with Crippen molar-refractivity contribution in [3.8, 4) is 68.1 Å². The lowest BCUT2D eigenvalue weighted by Gasteiger charge is -2.13. The Morgan fingerprint density at radius 1 is 0.258 bits per heavy atom. The molecule has 62 heavy (non-hydrogen) atoms. The van der Waals surface area contributed by atoms with Crippen LogP contribution in [0.25, 0.3) is 112 Å². The van der Waals surface area contributed by atoms with Crippen LogP contribution in [-0.2, 0) is 0 Å². The molecule has 0 aliphatic heterocycles. The van der Waals surface area contributed by atoms with E-state index < -0.39 is 0 Å². The number of rotatable bonds is 7. The van der Waals surface area contributed by atoms with Gasteiger partial charge in [-0.3, -0.25) is 4.57 Å². The van der Waals surface area contributed by atoms with Crippen LogP contribution in [0.15, 0.2) is 218 Å². The minimum Gasteiger partial charge on any atom is -0.309 e. The van der Waals surface area contributed by atoms with Gasteiger partial charge in [0.25, 0.3) is 0 Å². The van der Waals surface area contributed by atoms with E-state index in [1.165, 1.54) is 5.39 Å². The van der Waals surface area contributed by atoms with Crippen molar-refractivity contribution < 1.29 is 0 Å². The van der Waals surface area contributed by atoms with Crippen molar-refractivity contribution in [3.05, 3.63) is 218 Å². The van der Waals surface area contributed by atoms with Crippen LogP contribution in [0.2, 0.25) is 0 Å². The van der Waals surface area contributed by atoms with Gasteiger partial charge in [-0.25, -0.2) is 9.97 Å². The molecule has 0 radical (unpaired) electrons. The van der Waals surface area contributed by atoms with E-state index in [-0.39, 0.29) is 0 Å². The molecule has 0 atom stereocenters. The largest absolute Gasteiger partial charge is 0.309 e. The smallest absolute Gasteiger partial charge is 0.238 e. The van der Waals surface area contributed by atoms with E-state index in [0.29, 0.717) is 17.6 Å². The monoisotopic (exact) mass is 792 g/mol. The predicted octanol–water partition coefficient (Wildman–Crippen LogP) is 13.8. The van der Waals surface area contributed by atoms with Crippen molar-refractivity contribution in [2.45, 2.75) is 0 Å². The normalized spacial score (nSPS) is 11.5. The second-order valence-electron chi connectivity index (χ2n) is 15.5. The SMILES string of the molecule is c1ccc(-c2cc(-c3cccc(-c4nc(-c5ccccc5)nc(-n5c6ccccc6c6cc7c(cc65)c5ccccc5n7-c5ccccc5)n4)c3)cc(-c3ccccc3)n2)cc1. The van der Waals surface area contributed by atoms with E-state index in [0.717, 1.165) is 88.7 Å². The van der Waals surface area contributed by atoms with Gasteiger partial charge in [0.15, 0.2) is 11.6 Å². The van der Waals surface area contributed by atoms with Gasteiger partial charge in [0.05, 0.1) is 33.5 Å². The number of pyridine rings is 1. The first-order valence-electron chi connectivity index (χ1n) is 20.8. The van der Waals surface area contributed by atoms with Crippen molar-refractivity contribution in [3.63, 3.8) is 0 Å². The third-order valence-electron chi connectivity index (χ3n) is 11.8. The second kappa shape index (κ2) is 14.7. The van der Waals surface area contributed by atoms with Crippen LogP contribution in [0, 0.1) is 0 Å². The Balaban J connectivity index is 1.08. The van der Waals surface area contributed by atoms with Gasteiger partial charge in [-0.1, -0.05) is 164 Å². The van der Waals surface area contributed by atoms with Gasteiger partial charge < -0.3 is 4.57 Å². The fourth-order valence-corrected chi connectivity index (χ4v) is 8.86. The molecule has 290 valence electrons. The van der Waals surface area contributed by atoms with Gasteiger partial charge in [0.2, 0.25) is 5.95 Å². The molecule has 6 heteroatoms. The summed E-state index contributed by atoms with van der Waals surface area (Å²) in [6.45, 7) is 0. The Kier molecular flexibility index (Phi) is 8.38. The molecule has 0 unspecified atom stereocenters. The Labute approximate surface area is 357 Å². The van der Waals surface area contributed by atoms with Crippen LogP contribution in [0.3, 0.4) is 0 Å². The number of benzene rings is 8. The van der Waals surface area contributed by atoms with Gasteiger partial charge in [0, 0.05) is 49.5 Å². The van der Waals surface area contributed by atoms with Gasteiger partial charge in [-0.2, -0.15) is 9.97 Å². The number of hydrogen-bond acceptors (Lipinski definition) is 4. The number of nitrogens with zero attached hydrogens (tertiary/aromatic N) is 6. The molecule has 0 fully saturated rings. The van der Waals surface area contributed by atoms with Crippen LogP contribution in [0.4, 0.5) is 0 Å². The topological polar surface area (TPSA) is 61.4 Å². The van der Waals surface area contributed by atoms with Gasteiger partial charge in [-0.15, -0.1) is 0 Å². The molecule has 0 aliphatic carbocycles. The third-order valence-corrected chi connectivity index (χ3v) is 11.8. The highest BCUT2D eigenvalue weighted by atomic mass is 15.2. The lowest BCUT2D eigenvalue weighted by molar-refractivity contribution is 0.954. The molecule has 0 amide bonds. The van der Waals surface area contributed by atoms with Crippen LogP contribution in [0.1, 0.15) is 0 Å². The number of hydrogen-bond donors (Lipinski definition) is 0. The van der Waals surface area contributed by atoms with E-state index in [2.05, 4.69) is 197 Å². The molecule has 0 bridgehead atoms. The van der Waals surface area contributed by atoms with Crippen molar-refractivity contribution in [1.82, 2.24) is 29.1 Å². The summed E-state index contributed by atoms with van der Waals surface area (Å²) < 4.78 is 4.58. The molecule has 4 aromatic heterocycles. The molecule has 0 N–H and O–H groups in total. The summed E-state index contributed by atoms with van der Waals surface area (Å²) in [5.41, 5.74) is 13.3. The molecule has 0 saturated carbocycles. The minimum atomic E-state index is 0.554. The first kappa shape index (κ1) is 35.5. The van der Waals surface area contributed by atoms with Crippen molar-refractivity contribution in [1.29, 1.82) is 0 Å². The van der Waals surface area contributed by atoms with Gasteiger partial charge in [0.1, 0.15) is 0 Å². The van der Waals surface area contributed by atoms with Crippen LogP contribution in [0.5, 0.6) is 0 Å². The molecule has 0 spiro atoms. The molecule has 0 aliphatic rings. The molecule has 12 rings (SSSR count). The lowest BCUT2D eigenvalue weighted by atomic mass is 9.98. The summed E-state index contributed by atoms with van der Waals surface area (Å²) in [6.07, 6.45) is 0. The van der Waals surface area contributed by atoms with E-state index in [1.807, 2.05) is 30.3 Å². The third kappa shape index (κ3) is 6.04. The summed E-state index contributed by atoms with van der Waals surface area (Å²) in [6, 6.07) is 76.2. The highest BCUT2D eigenvalue weighted by Gasteiger charge is 2.21. The number of aromatic nitrogens is 6. The van der Waals surface area contributed by atoms with Gasteiger partial charge in [-0.05, 0) is 65.7 Å². The number of para-hydroxylation sites is 3. The zero-order valence-corrected chi connectivity index (χ0v) is 33.5. The summed E-state index contributed by atoms with van der Waals surface area (Å²) in [7, 11) is 0. The molecule has 8 aromatic carbocycles. The zero-order valence-electron chi connectivity index (χ0n) is 33.5. The Morgan fingerprint density at radius 3 is 1.31 bits per heavy atom. The van der Waals surface area contributed by atoms with Crippen molar-refractivity contribution in [2.75, 3.05) is 0 Å². The fourth-order valence-electron chi connectivity index (χ4n) is 8.86. The average molecular weight is 793 g/mol. The Hall–Kier alpha value is -8.48. The summed E-state index contributed by atoms with van der Waals surface area (Å²) >= 11 is 0. The number of fused-ring (bicyclic) bond motifs is 6. The standard InChI is InChI=1S/C56H36N6/c1-5-18-37(19-6-1)48-33-42(34-49(57-48)38-20-7-2-8-21-38)40-24-17-25-41(32-40)55-58-54(39-22-9-3-10-23-39)59-56(60-55)62-51-31-16-14-29-45(51)47-35-52-46(36-53(47)62)44-28-13-15-30-50(44)61(52)43-26-11-4-12-27-43/h1-36H. The summed E-state index contributed by atoms with van der Waals surface area (Å²) in [4.78, 5) is 20.9. The summed E-state index contributed by atoms with van der Waals surface area (Å²) in [5.74, 6) is 1.74. The fraction of sp³-hybridized carbons (Fsp3) is 0. The Morgan fingerprint density at radius 2 is 0.710 bits per heavy atom. The molecular weight excluding hydrogens is 757 g/mol. The van der Waals surface area contributed by atoms with Crippen LogP contribution in [-0.4, -0.2) is 29.1 Å². The first-order chi connectivity index (χ1) is 30.7. The summed E-state index contributed by atoms with van der Waals surface area (Å²) in [5, 5.41) is 4.60. The molecular formula is C56H36N6. The second-order valence-corrected chi connectivity index (χ2v) is 15.5. The van der Waals surface area contributed by atoms with Crippen LogP contribution < -0.4 is 0 Å². The lowest BCUT2D eigenvalue weighted by Crippen LogP contribution is -2.06. The van der Waals surface area contributed by atoms with Gasteiger partial charge >= 0.3 is 0 Å². The van der Waals surface area contributed by atoms with Crippen molar-refractivity contribution in [2.24, 2.45) is 0 Å². The molecule has 12 aromatic rings. The molecule has 6 nitrogen and oxygen atoms in total. The quantitative estimate of drug-likeness (QED) is 0.161. The highest BCUT2D eigenvalue weighted by Crippen LogP contribution is 2.40. The van der Waals surface area contributed by atoms with E-state index >= 15 is 0 Å². The van der Waals surface area contributed by atoms with E-state index in [9.17, 15) is 0 Å². The predicted molar refractivity (Wildman–Crippen MR) is 253 cm³/mol. The van der Waals surface area contributed by atoms with E-state index in [1.54, 1.807) is 0 Å². The average Bonchev–Trinajstić information content (AvgIpc) is 3.86. The maximum Gasteiger partial charge on any atom is 0.238 e. The maximum absolute atomic E-state index is 5.36. The molecule has 0 saturated heterocycles. The zero-order chi connectivity index (χ0) is 41.0. The highest BCUT2D eigenvalue weighted by molar-refractivity contribution is 6.19. The minimum absolute atomic E-state index is 0.554. The van der Waals surface area contributed by atoms with Crippen molar-refractivity contribution >= 4 is 43.6 Å². The van der Waals surface area contributed by atoms with E-state index in [4.69, 9.17) is 19.9 Å². The Bertz CT molecular complexity index is 3560. The first-order valence-corrected chi connectivity index (χ1v) is 20.8. The maximum atomic E-state index is 5.36. The van der Waals surface area contributed by atoms with Crippen LogP contribution >= 0.6 is 0 Å². The molecule has 4 heterocycles.